The number of hydrogen-bond donors (Lipinski definition) is 0. The highest BCUT2D eigenvalue weighted by molar-refractivity contribution is 5.60. The van der Waals surface area contributed by atoms with Gasteiger partial charge in [0.25, 0.3) is 0 Å². The van der Waals surface area contributed by atoms with Gasteiger partial charge in [0.05, 0.1) is 5.56 Å². The van der Waals surface area contributed by atoms with Gasteiger partial charge in [0, 0.05) is 18.6 Å². The molecule has 0 aliphatic heterocycles. The third-order valence-corrected chi connectivity index (χ3v) is 2.16. The highest BCUT2D eigenvalue weighted by Crippen LogP contribution is 2.29. The van der Waals surface area contributed by atoms with Crippen LogP contribution in [0.3, 0.4) is 0 Å². The molecular formula is C12H9F3N2. The Morgan fingerprint density at radius 1 is 1.18 bits per heavy atom. The number of nitrogens with zero attached hydrogens (tertiary/aromatic N) is 2. The van der Waals surface area contributed by atoms with E-state index in [-0.39, 0.29) is 0 Å². The van der Waals surface area contributed by atoms with Crippen LogP contribution in [0.2, 0.25) is 0 Å². The van der Waals surface area contributed by atoms with Gasteiger partial charge < -0.3 is 0 Å². The summed E-state index contributed by atoms with van der Waals surface area (Å²) in [6.45, 7) is 0. The summed E-state index contributed by atoms with van der Waals surface area (Å²) in [6, 6.07) is 6.86. The normalized spacial score (nSPS) is 12.2. The van der Waals surface area contributed by atoms with E-state index in [0.717, 1.165) is 12.1 Å². The van der Waals surface area contributed by atoms with E-state index in [1.807, 2.05) is 0 Å². The molecule has 0 N–H and O–H groups in total. The van der Waals surface area contributed by atoms with E-state index in [0.29, 0.717) is 5.56 Å². The lowest BCUT2D eigenvalue weighted by Gasteiger charge is -2.06. The van der Waals surface area contributed by atoms with Crippen molar-refractivity contribution in [1.82, 2.24) is 9.78 Å². The predicted molar refractivity (Wildman–Crippen MR) is 58.9 cm³/mol. The van der Waals surface area contributed by atoms with E-state index in [9.17, 15) is 13.2 Å². The van der Waals surface area contributed by atoms with Crippen molar-refractivity contribution in [3.63, 3.8) is 0 Å². The van der Waals surface area contributed by atoms with E-state index < -0.39 is 11.7 Å². The maximum Gasteiger partial charge on any atom is 0.416 e. The second kappa shape index (κ2) is 4.45. The molecule has 88 valence electrons. The van der Waals surface area contributed by atoms with E-state index in [1.165, 1.54) is 10.7 Å². The van der Waals surface area contributed by atoms with Gasteiger partial charge in [-0.2, -0.15) is 18.3 Å². The minimum Gasteiger partial charge on any atom is -0.248 e. The van der Waals surface area contributed by atoms with Gasteiger partial charge in [-0.25, -0.2) is 4.68 Å². The Bertz CT molecular complexity index is 513. The van der Waals surface area contributed by atoms with Crippen LogP contribution in [0, 0.1) is 0 Å². The molecule has 1 heterocycles. The second-order valence-corrected chi connectivity index (χ2v) is 3.43. The Kier molecular flexibility index (Phi) is 2.99. The van der Waals surface area contributed by atoms with E-state index in [4.69, 9.17) is 0 Å². The van der Waals surface area contributed by atoms with Crippen LogP contribution >= 0.6 is 0 Å². The fourth-order valence-electron chi connectivity index (χ4n) is 1.35. The maximum atomic E-state index is 12.4. The molecule has 0 unspecified atom stereocenters. The van der Waals surface area contributed by atoms with Gasteiger partial charge in [-0.05, 0) is 29.8 Å². The molecule has 0 atom stereocenters. The zero-order valence-corrected chi connectivity index (χ0v) is 8.72. The van der Waals surface area contributed by atoms with Crippen LogP contribution in [0.5, 0.6) is 0 Å². The average molecular weight is 238 g/mol. The fourth-order valence-corrected chi connectivity index (χ4v) is 1.35. The Hall–Kier alpha value is -2.04. The lowest BCUT2D eigenvalue weighted by molar-refractivity contribution is -0.137. The summed E-state index contributed by atoms with van der Waals surface area (Å²) < 4.78 is 38.8. The molecule has 2 nitrogen and oxygen atoms in total. The Labute approximate surface area is 96.0 Å². The standard InChI is InChI=1S/C12H9F3N2/c13-12(14,15)11-4-1-3-10(9-11)5-8-17-7-2-6-16-17/h1-9H/b8-5+. The first-order valence-corrected chi connectivity index (χ1v) is 4.90. The Balaban J connectivity index is 2.23. The molecule has 1 aromatic heterocycles. The third kappa shape index (κ3) is 2.96. The van der Waals surface area contributed by atoms with E-state index in [1.54, 1.807) is 36.8 Å². The van der Waals surface area contributed by atoms with Gasteiger partial charge >= 0.3 is 6.18 Å². The van der Waals surface area contributed by atoms with Crippen LogP contribution in [0.1, 0.15) is 11.1 Å². The number of benzene rings is 1. The Morgan fingerprint density at radius 3 is 2.65 bits per heavy atom. The first-order valence-electron chi connectivity index (χ1n) is 4.90. The highest BCUT2D eigenvalue weighted by Gasteiger charge is 2.30. The lowest BCUT2D eigenvalue weighted by atomic mass is 10.1. The van der Waals surface area contributed by atoms with Crippen LogP contribution in [-0.4, -0.2) is 9.78 Å². The van der Waals surface area contributed by atoms with Gasteiger partial charge in [0.2, 0.25) is 0 Å². The van der Waals surface area contributed by atoms with Crippen molar-refractivity contribution in [2.75, 3.05) is 0 Å². The molecule has 0 spiro atoms. The topological polar surface area (TPSA) is 17.8 Å². The van der Waals surface area contributed by atoms with Gasteiger partial charge in [0.1, 0.15) is 0 Å². The van der Waals surface area contributed by atoms with E-state index >= 15 is 0 Å². The summed E-state index contributed by atoms with van der Waals surface area (Å²) in [7, 11) is 0. The number of halogens is 3. The molecule has 0 radical (unpaired) electrons. The minimum atomic E-state index is -4.31. The SMILES string of the molecule is FC(F)(F)c1cccc(/C=C/n2cccn2)c1. The molecule has 0 amide bonds. The monoisotopic (exact) mass is 238 g/mol. The molecular weight excluding hydrogens is 229 g/mol. The molecule has 0 bridgehead atoms. The molecule has 17 heavy (non-hydrogen) atoms. The van der Waals surface area contributed by atoms with Gasteiger partial charge in [0.15, 0.2) is 0 Å². The fraction of sp³-hybridized carbons (Fsp3) is 0.0833. The van der Waals surface area contributed by atoms with Gasteiger partial charge in [-0.1, -0.05) is 12.1 Å². The molecule has 2 rings (SSSR count). The van der Waals surface area contributed by atoms with Crippen LogP contribution in [0.25, 0.3) is 12.3 Å². The van der Waals surface area contributed by atoms with Crippen molar-refractivity contribution >= 4 is 12.3 Å². The summed E-state index contributed by atoms with van der Waals surface area (Å²) in [6.07, 6.45) is 2.15. The van der Waals surface area contributed by atoms with Crippen molar-refractivity contribution < 1.29 is 13.2 Å². The first kappa shape index (κ1) is 11.4. The summed E-state index contributed by atoms with van der Waals surface area (Å²) in [5.74, 6) is 0. The molecule has 0 aliphatic carbocycles. The first-order chi connectivity index (χ1) is 8.05. The number of hydrogen-bond acceptors (Lipinski definition) is 1. The van der Waals surface area contributed by atoms with Gasteiger partial charge in [-0.15, -0.1) is 0 Å². The predicted octanol–water partition coefficient (Wildman–Crippen LogP) is 3.53. The van der Waals surface area contributed by atoms with Crippen molar-refractivity contribution in [1.29, 1.82) is 0 Å². The minimum absolute atomic E-state index is 0.482. The van der Waals surface area contributed by atoms with Crippen LogP contribution in [0.15, 0.2) is 42.7 Å². The Morgan fingerprint density at radius 2 is 2.00 bits per heavy atom. The summed E-state index contributed by atoms with van der Waals surface area (Å²) in [5.41, 5.74) is -0.171. The molecule has 0 saturated heterocycles. The summed E-state index contributed by atoms with van der Waals surface area (Å²) in [5, 5.41) is 3.91. The van der Waals surface area contributed by atoms with E-state index in [2.05, 4.69) is 5.10 Å². The molecule has 0 saturated carbocycles. The zero-order valence-electron chi connectivity index (χ0n) is 8.72. The molecule has 1 aromatic carbocycles. The van der Waals surface area contributed by atoms with Crippen molar-refractivity contribution in [2.24, 2.45) is 0 Å². The number of aromatic nitrogens is 2. The molecule has 0 aliphatic rings. The van der Waals surface area contributed by atoms with Crippen LogP contribution in [-0.2, 0) is 6.18 Å². The summed E-state index contributed by atoms with van der Waals surface area (Å²) >= 11 is 0. The van der Waals surface area contributed by atoms with Crippen molar-refractivity contribution in [3.05, 3.63) is 53.9 Å². The zero-order chi connectivity index (χ0) is 12.3. The lowest BCUT2D eigenvalue weighted by Crippen LogP contribution is -2.04. The molecule has 5 heteroatoms. The third-order valence-electron chi connectivity index (χ3n) is 2.16. The van der Waals surface area contributed by atoms with Gasteiger partial charge in [-0.3, -0.25) is 0 Å². The highest BCUT2D eigenvalue weighted by atomic mass is 19.4. The number of rotatable bonds is 2. The van der Waals surface area contributed by atoms with Crippen molar-refractivity contribution in [2.45, 2.75) is 6.18 Å². The number of alkyl halides is 3. The smallest absolute Gasteiger partial charge is 0.248 e. The second-order valence-electron chi connectivity index (χ2n) is 3.43. The quantitative estimate of drug-likeness (QED) is 0.782. The summed E-state index contributed by atoms with van der Waals surface area (Å²) in [4.78, 5) is 0. The van der Waals surface area contributed by atoms with Crippen LogP contribution in [0.4, 0.5) is 13.2 Å². The average Bonchev–Trinajstić information content (AvgIpc) is 2.78. The maximum absolute atomic E-state index is 12.4. The van der Waals surface area contributed by atoms with Crippen molar-refractivity contribution in [3.8, 4) is 0 Å². The molecule has 2 aromatic rings. The largest absolute Gasteiger partial charge is 0.416 e. The van der Waals surface area contributed by atoms with Crippen LogP contribution < -0.4 is 0 Å². The molecule has 0 fully saturated rings.